The molecule has 3 amide bonds. The molecule has 0 heterocycles. The third-order valence-corrected chi connectivity index (χ3v) is 2.87. The number of nitrogens with one attached hydrogen (secondary N) is 2. The smallest absolute Gasteiger partial charge is 0.326 e. The van der Waals surface area contributed by atoms with Gasteiger partial charge in [0.15, 0.2) is 0 Å². The number of amides is 3. The minimum atomic E-state index is -1.11. The van der Waals surface area contributed by atoms with E-state index in [9.17, 15) is 14.4 Å². The number of carbonyl (C=O) groups excluding carboxylic acids is 2. The summed E-state index contributed by atoms with van der Waals surface area (Å²) in [6, 6.07) is 5.59. The van der Waals surface area contributed by atoms with Crippen LogP contribution in [0.15, 0.2) is 30.3 Å². The number of urea groups is 1. The van der Waals surface area contributed by atoms with Crippen molar-refractivity contribution in [3.63, 3.8) is 0 Å². The number of rotatable bonds is 7. The van der Waals surface area contributed by atoms with Crippen LogP contribution in [0.2, 0.25) is 0 Å². The first-order valence-corrected chi connectivity index (χ1v) is 6.59. The SMILES string of the molecule is CCC[C@@H](NC(=O)C(NC(N)=O)c1ccccc1)C(=O)O. The quantitative estimate of drug-likeness (QED) is 0.593. The number of primary amides is 1. The van der Waals surface area contributed by atoms with E-state index in [1.807, 2.05) is 6.92 Å². The molecule has 7 heteroatoms. The highest BCUT2D eigenvalue weighted by Gasteiger charge is 2.26. The average Bonchev–Trinajstić information content (AvgIpc) is 2.44. The van der Waals surface area contributed by atoms with Crippen molar-refractivity contribution >= 4 is 17.9 Å². The molecule has 0 aliphatic carbocycles. The first kappa shape index (κ1) is 16.5. The number of aliphatic carboxylic acids is 1. The van der Waals surface area contributed by atoms with Crippen molar-refractivity contribution in [3.8, 4) is 0 Å². The van der Waals surface area contributed by atoms with Gasteiger partial charge in [0.05, 0.1) is 0 Å². The van der Waals surface area contributed by atoms with Crippen molar-refractivity contribution in [2.45, 2.75) is 31.8 Å². The summed E-state index contributed by atoms with van der Waals surface area (Å²) < 4.78 is 0. The van der Waals surface area contributed by atoms with E-state index in [1.54, 1.807) is 30.3 Å². The largest absolute Gasteiger partial charge is 0.480 e. The standard InChI is InChI=1S/C14H19N3O4/c1-2-6-10(13(19)20)16-12(18)11(17-14(15)21)9-7-4-3-5-8-9/h3-5,7-8,10-11H,2,6H2,1H3,(H,16,18)(H,19,20)(H3,15,17,21)/t10-,11?/m1/s1. The van der Waals surface area contributed by atoms with Crippen LogP contribution in [-0.4, -0.2) is 29.1 Å². The molecule has 1 aromatic rings. The Morgan fingerprint density at radius 1 is 1.19 bits per heavy atom. The Morgan fingerprint density at radius 3 is 2.29 bits per heavy atom. The zero-order valence-electron chi connectivity index (χ0n) is 11.7. The van der Waals surface area contributed by atoms with Crippen LogP contribution in [0.4, 0.5) is 4.79 Å². The maximum atomic E-state index is 12.2. The van der Waals surface area contributed by atoms with E-state index in [4.69, 9.17) is 10.8 Å². The molecule has 0 bridgehead atoms. The summed E-state index contributed by atoms with van der Waals surface area (Å²) in [6.45, 7) is 1.82. The van der Waals surface area contributed by atoms with Gasteiger partial charge in [-0.3, -0.25) is 4.79 Å². The van der Waals surface area contributed by atoms with Gasteiger partial charge in [-0.25, -0.2) is 9.59 Å². The van der Waals surface area contributed by atoms with Crippen LogP contribution < -0.4 is 16.4 Å². The van der Waals surface area contributed by atoms with Crippen LogP contribution in [0.3, 0.4) is 0 Å². The Morgan fingerprint density at radius 2 is 1.81 bits per heavy atom. The second-order valence-corrected chi connectivity index (χ2v) is 4.54. The van der Waals surface area contributed by atoms with E-state index < -0.39 is 30.0 Å². The van der Waals surface area contributed by atoms with Gasteiger partial charge >= 0.3 is 12.0 Å². The highest BCUT2D eigenvalue weighted by molar-refractivity contribution is 5.90. The van der Waals surface area contributed by atoms with Gasteiger partial charge in [0.2, 0.25) is 5.91 Å². The zero-order valence-corrected chi connectivity index (χ0v) is 11.7. The Balaban J connectivity index is 2.90. The molecule has 0 aromatic heterocycles. The minimum absolute atomic E-state index is 0.305. The van der Waals surface area contributed by atoms with Gasteiger partial charge in [-0.15, -0.1) is 0 Å². The molecule has 0 saturated heterocycles. The molecule has 0 aliphatic rings. The molecule has 2 atom stereocenters. The molecule has 0 saturated carbocycles. The highest BCUT2D eigenvalue weighted by atomic mass is 16.4. The van der Waals surface area contributed by atoms with Gasteiger partial charge in [0.25, 0.3) is 0 Å². The third-order valence-electron chi connectivity index (χ3n) is 2.87. The van der Waals surface area contributed by atoms with Crippen molar-refractivity contribution in [1.82, 2.24) is 10.6 Å². The number of carboxylic acids is 1. The molecule has 1 aromatic carbocycles. The number of benzene rings is 1. The van der Waals surface area contributed by atoms with E-state index in [-0.39, 0.29) is 0 Å². The molecular formula is C14H19N3O4. The Hall–Kier alpha value is -2.57. The maximum absolute atomic E-state index is 12.2. The van der Waals surface area contributed by atoms with E-state index in [0.717, 1.165) is 0 Å². The number of carbonyl (C=O) groups is 3. The Bertz CT molecular complexity index is 504. The predicted molar refractivity (Wildman–Crippen MR) is 76.4 cm³/mol. The monoisotopic (exact) mass is 293 g/mol. The average molecular weight is 293 g/mol. The lowest BCUT2D eigenvalue weighted by Gasteiger charge is -2.20. The van der Waals surface area contributed by atoms with Crippen LogP contribution in [0.5, 0.6) is 0 Å². The Labute approximate surface area is 122 Å². The summed E-state index contributed by atoms with van der Waals surface area (Å²) in [5, 5.41) is 13.8. The summed E-state index contributed by atoms with van der Waals surface area (Å²) in [7, 11) is 0. The molecule has 1 rings (SSSR count). The first-order valence-electron chi connectivity index (χ1n) is 6.59. The van der Waals surface area contributed by atoms with Gasteiger partial charge in [-0.2, -0.15) is 0 Å². The van der Waals surface area contributed by atoms with Crippen molar-refractivity contribution in [3.05, 3.63) is 35.9 Å². The first-order chi connectivity index (χ1) is 9.95. The second-order valence-electron chi connectivity index (χ2n) is 4.54. The van der Waals surface area contributed by atoms with Crippen LogP contribution in [0.1, 0.15) is 31.4 Å². The molecular weight excluding hydrogens is 274 g/mol. The van der Waals surface area contributed by atoms with Crippen LogP contribution in [-0.2, 0) is 9.59 Å². The summed E-state index contributed by atoms with van der Waals surface area (Å²) in [6.07, 6.45) is 0.912. The molecule has 5 N–H and O–H groups in total. The fourth-order valence-electron chi connectivity index (χ4n) is 1.89. The van der Waals surface area contributed by atoms with Crippen LogP contribution in [0.25, 0.3) is 0 Å². The van der Waals surface area contributed by atoms with Crippen molar-refractivity contribution < 1.29 is 19.5 Å². The van der Waals surface area contributed by atoms with Crippen LogP contribution in [0, 0.1) is 0 Å². The molecule has 0 aliphatic heterocycles. The molecule has 7 nitrogen and oxygen atoms in total. The molecule has 1 unspecified atom stereocenters. The second kappa shape index (κ2) is 7.88. The molecule has 0 fully saturated rings. The van der Waals surface area contributed by atoms with Crippen LogP contribution >= 0.6 is 0 Å². The fraction of sp³-hybridized carbons (Fsp3) is 0.357. The number of hydrogen-bond acceptors (Lipinski definition) is 3. The van der Waals surface area contributed by atoms with Gasteiger partial charge in [0, 0.05) is 0 Å². The lowest BCUT2D eigenvalue weighted by molar-refractivity contribution is -0.142. The van der Waals surface area contributed by atoms with E-state index in [1.165, 1.54) is 0 Å². The third kappa shape index (κ3) is 5.13. The van der Waals surface area contributed by atoms with Crippen molar-refractivity contribution in [2.24, 2.45) is 5.73 Å². The summed E-state index contributed by atoms with van der Waals surface area (Å²) in [4.78, 5) is 34.4. The van der Waals surface area contributed by atoms with Gasteiger partial charge in [-0.1, -0.05) is 43.7 Å². The molecule has 21 heavy (non-hydrogen) atoms. The van der Waals surface area contributed by atoms with E-state index in [0.29, 0.717) is 18.4 Å². The van der Waals surface area contributed by atoms with Crippen molar-refractivity contribution in [2.75, 3.05) is 0 Å². The molecule has 0 radical (unpaired) electrons. The normalized spacial score (nSPS) is 13.0. The van der Waals surface area contributed by atoms with E-state index >= 15 is 0 Å². The summed E-state index contributed by atoms with van der Waals surface area (Å²) in [5.41, 5.74) is 5.59. The van der Waals surface area contributed by atoms with E-state index in [2.05, 4.69) is 10.6 Å². The minimum Gasteiger partial charge on any atom is -0.480 e. The molecule has 0 spiro atoms. The van der Waals surface area contributed by atoms with Gasteiger partial charge < -0.3 is 21.5 Å². The lowest BCUT2D eigenvalue weighted by atomic mass is 10.1. The summed E-state index contributed by atoms with van der Waals surface area (Å²) in [5.74, 6) is -1.73. The Kier molecular flexibility index (Phi) is 6.19. The lowest BCUT2D eigenvalue weighted by Crippen LogP contribution is -2.48. The molecule has 114 valence electrons. The van der Waals surface area contributed by atoms with Crippen molar-refractivity contribution in [1.29, 1.82) is 0 Å². The summed E-state index contributed by atoms with van der Waals surface area (Å²) >= 11 is 0. The number of hydrogen-bond donors (Lipinski definition) is 4. The zero-order chi connectivity index (χ0) is 15.8. The van der Waals surface area contributed by atoms with Gasteiger partial charge in [-0.05, 0) is 12.0 Å². The maximum Gasteiger partial charge on any atom is 0.326 e. The highest BCUT2D eigenvalue weighted by Crippen LogP contribution is 2.13. The number of nitrogens with two attached hydrogens (primary N) is 1. The number of carboxylic acid groups (broad SMARTS) is 1. The topological polar surface area (TPSA) is 122 Å². The fourth-order valence-corrected chi connectivity index (χ4v) is 1.89. The van der Waals surface area contributed by atoms with Gasteiger partial charge in [0.1, 0.15) is 12.1 Å². The predicted octanol–water partition coefficient (Wildman–Crippen LogP) is 0.765.